The molecule has 1 N–H and O–H groups in total. The third-order valence-electron chi connectivity index (χ3n) is 2.41. The first-order valence-corrected chi connectivity index (χ1v) is 6.35. The summed E-state index contributed by atoms with van der Waals surface area (Å²) >= 11 is 1.42. The molecule has 0 aliphatic carbocycles. The monoisotopic (exact) mass is 298 g/mol. The highest BCUT2D eigenvalue weighted by Crippen LogP contribution is 2.29. The average Bonchev–Trinajstić information content (AvgIpc) is 2.80. The van der Waals surface area contributed by atoms with Gasteiger partial charge >= 0.3 is 6.18 Å². The molecule has 0 fully saturated rings. The molecule has 0 amide bonds. The predicted molar refractivity (Wildman–Crippen MR) is 68.1 cm³/mol. The van der Waals surface area contributed by atoms with Gasteiger partial charge in [-0.3, -0.25) is 0 Å². The average molecular weight is 298 g/mol. The molecule has 2 aromatic rings. The standard InChI is InChI=1S/C12H9F3N4S/c1-7-17-5-9(20-7)6-18-11-8(4-16)2-3-10(19-11)12(13,14)15/h2-3,5H,6H2,1H3,(H,18,19). The molecule has 20 heavy (non-hydrogen) atoms. The van der Waals surface area contributed by atoms with Gasteiger partial charge in [0.05, 0.1) is 17.1 Å². The van der Waals surface area contributed by atoms with E-state index in [1.165, 1.54) is 11.3 Å². The lowest BCUT2D eigenvalue weighted by Crippen LogP contribution is -2.11. The van der Waals surface area contributed by atoms with E-state index in [4.69, 9.17) is 5.26 Å². The zero-order chi connectivity index (χ0) is 14.8. The van der Waals surface area contributed by atoms with Crippen LogP contribution in [-0.4, -0.2) is 9.97 Å². The number of aromatic nitrogens is 2. The maximum atomic E-state index is 12.6. The summed E-state index contributed by atoms with van der Waals surface area (Å²) in [5.74, 6) is -0.0756. The number of hydrogen-bond donors (Lipinski definition) is 1. The van der Waals surface area contributed by atoms with Gasteiger partial charge in [0, 0.05) is 11.1 Å². The molecule has 0 aliphatic heterocycles. The fraction of sp³-hybridized carbons (Fsp3) is 0.250. The Balaban J connectivity index is 2.23. The van der Waals surface area contributed by atoms with Crippen molar-refractivity contribution in [2.75, 3.05) is 5.32 Å². The van der Waals surface area contributed by atoms with Crippen molar-refractivity contribution in [1.29, 1.82) is 5.26 Å². The summed E-state index contributed by atoms with van der Waals surface area (Å²) in [5.41, 5.74) is -0.960. The van der Waals surface area contributed by atoms with Crippen LogP contribution in [0.15, 0.2) is 18.3 Å². The number of rotatable bonds is 3. The molecule has 0 saturated carbocycles. The summed E-state index contributed by atoms with van der Waals surface area (Å²) in [6.45, 7) is 2.10. The van der Waals surface area contributed by atoms with E-state index in [1.54, 1.807) is 6.20 Å². The van der Waals surface area contributed by atoms with E-state index < -0.39 is 11.9 Å². The Bertz CT molecular complexity index is 657. The highest BCUT2D eigenvalue weighted by molar-refractivity contribution is 7.11. The molecule has 0 aliphatic rings. The SMILES string of the molecule is Cc1ncc(CNc2nc(C(F)(F)F)ccc2C#N)s1. The molecule has 0 aromatic carbocycles. The summed E-state index contributed by atoms with van der Waals surface area (Å²) in [4.78, 5) is 8.36. The largest absolute Gasteiger partial charge is 0.433 e. The lowest BCUT2D eigenvalue weighted by molar-refractivity contribution is -0.141. The molecule has 0 bridgehead atoms. The predicted octanol–water partition coefficient (Wildman–Crippen LogP) is 3.35. The van der Waals surface area contributed by atoms with Crippen LogP contribution in [0.1, 0.15) is 21.1 Å². The molecule has 0 radical (unpaired) electrons. The number of nitrogens with one attached hydrogen (secondary N) is 1. The minimum atomic E-state index is -4.54. The van der Waals surface area contributed by atoms with Crippen molar-refractivity contribution in [3.63, 3.8) is 0 Å². The smallest absolute Gasteiger partial charge is 0.364 e. The summed E-state index contributed by atoms with van der Waals surface area (Å²) in [6.07, 6.45) is -2.90. The number of aryl methyl sites for hydroxylation is 1. The molecule has 0 atom stereocenters. The zero-order valence-corrected chi connectivity index (χ0v) is 11.1. The van der Waals surface area contributed by atoms with Gasteiger partial charge in [-0.25, -0.2) is 9.97 Å². The van der Waals surface area contributed by atoms with E-state index in [0.717, 1.165) is 22.0 Å². The van der Waals surface area contributed by atoms with Crippen LogP contribution in [0.3, 0.4) is 0 Å². The number of pyridine rings is 1. The molecule has 2 heterocycles. The summed E-state index contributed by atoms with van der Waals surface area (Å²) in [7, 11) is 0. The van der Waals surface area contributed by atoms with Gasteiger partial charge in [-0.05, 0) is 19.1 Å². The summed E-state index contributed by atoms with van der Waals surface area (Å²) in [5, 5.41) is 12.5. The number of hydrogen-bond acceptors (Lipinski definition) is 5. The summed E-state index contributed by atoms with van der Waals surface area (Å²) < 4.78 is 37.8. The van der Waals surface area contributed by atoms with E-state index in [-0.39, 0.29) is 17.9 Å². The number of nitriles is 1. The van der Waals surface area contributed by atoms with Gasteiger partial charge in [-0.2, -0.15) is 18.4 Å². The Morgan fingerprint density at radius 1 is 1.40 bits per heavy atom. The minimum absolute atomic E-state index is 0.0687. The topological polar surface area (TPSA) is 61.6 Å². The quantitative estimate of drug-likeness (QED) is 0.944. The number of halogens is 3. The van der Waals surface area contributed by atoms with E-state index in [0.29, 0.717) is 0 Å². The first-order valence-electron chi connectivity index (χ1n) is 5.53. The molecule has 0 spiro atoms. The molecule has 2 aromatic heterocycles. The lowest BCUT2D eigenvalue weighted by Gasteiger charge is -2.10. The Morgan fingerprint density at radius 3 is 2.70 bits per heavy atom. The van der Waals surface area contributed by atoms with Crippen LogP contribution in [0.5, 0.6) is 0 Å². The Labute approximate surface area is 116 Å². The second-order valence-electron chi connectivity index (χ2n) is 3.90. The van der Waals surface area contributed by atoms with Crippen molar-refractivity contribution in [3.05, 3.63) is 39.5 Å². The number of anilines is 1. The number of nitrogens with zero attached hydrogens (tertiary/aromatic N) is 3. The number of thiazole rings is 1. The van der Waals surface area contributed by atoms with Crippen molar-refractivity contribution in [3.8, 4) is 6.07 Å². The fourth-order valence-corrected chi connectivity index (χ4v) is 2.23. The van der Waals surface area contributed by atoms with Crippen molar-refractivity contribution in [2.24, 2.45) is 0 Å². The molecular formula is C12H9F3N4S. The fourth-order valence-electron chi connectivity index (χ4n) is 1.50. The van der Waals surface area contributed by atoms with Crippen molar-refractivity contribution in [1.82, 2.24) is 9.97 Å². The maximum Gasteiger partial charge on any atom is 0.433 e. The second-order valence-corrected chi connectivity index (χ2v) is 5.22. The highest BCUT2D eigenvalue weighted by atomic mass is 32.1. The van der Waals surface area contributed by atoms with Gasteiger partial charge in [-0.15, -0.1) is 11.3 Å². The number of alkyl halides is 3. The Kier molecular flexibility index (Phi) is 3.90. The summed E-state index contributed by atoms with van der Waals surface area (Å²) in [6, 6.07) is 3.71. The molecular weight excluding hydrogens is 289 g/mol. The Hall–Kier alpha value is -2.14. The van der Waals surface area contributed by atoms with Crippen molar-refractivity contribution < 1.29 is 13.2 Å². The maximum absolute atomic E-state index is 12.6. The van der Waals surface area contributed by atoms with E-state index in [9.17, 15) is 13.2 Å². The van der Waals surface area contributed by atoms with Gasteiger partial charge in [0.15, 0.2) is 0 Å². The van der Waals surface area contributed by atoms with Crippen molar-refractivity contribution >= 4 is 17.2 Å². The van der Waals surface area contributed by atoms with E-state index in [2.05, 4.69) is 15.3 Å². The van der Waals surface area contributed by atoms with Gasteiger partial charge in [-0.1, -0.05) is 0 Å². The van der Waals surface area contributed by atoms with Crippen LogP contribution in [-0.2, 0) is 12.7 Å². The molecule has 104 valence electrons. The molecule has 8 heteroatoms. The minimum Gasteiger partial charge on any atom is -0.364 e. The van der Waals surface area contributed by atoms with Gasteiger partial charge < -0.3 is 5.32 Å². The molecule has 0 saturated heterocycles. The van der Waals surface area contributed by atoms with Crippen LogP contribution in [0.4, 0.5) is 19.0 Å². The molecule has 2 rings (SSSR count). The van der Waals surface area contributed by atoms with E-state index in [1.807, 2.05) is 13.0 Å². The van der Waals surface area contributed by atoms with Gasteiger partial charge in [0.2, 0.25) is 0 Å². The van der Waals surface area contributed by atoms with Gasteiger partial charge in [0.25, 0.3) is 0 Å². The van der Waals surface area contributed by atoms with Crippen LogP contribution in [0, 0.1) is 18.3 Å². The third kappa shape index (κ3) is 3.24. The zero-order valence-electron chi connectivity index (χ0n) is 10.3. The highest BCUT2D eigenvalue weighted by Gasteiger charge is 2.33. The first-order chi connectivity index (χ1) is 9.40. The van der Waals surface area contributed by atoms with Crippen molar-refractivity contribution in [2.45, 2.75) is 19.6 Å². The Morgan fingerprint density at radius 2 is 2.15 bits per heavy atom. The van der Waals surface area contributed by atoms with Crippen LogP contribution in [0.2, 0.25) is 0 Å². The normalized spacial score (nSPS) is 11.2. The van der Waals surface area contributed by atoms with Crippen LogP contribution in [0.25, 0.3) is 0 Å². The van der Waals surface area contributed by atoms with E-state index >= 15 is 0 Å². The first kappa shape index (κ1) is 14.3. The third-order valence-corrected chi connectivity index (χ3v) is 3.32. The lowest BCUT2D eigenvalue weighted by atomic mass is 10.2. The molecule has 4 nitrogen and oxygen atoms in total. The van der Waals surface area contributed by atoms with Crippen LogP contribution < -0.4 is 5.32 Å². The molecule has 0 unspecified atom stereocenters. The van der Waals surface area contributed by atoms with Crippen LogP contribution >= 0.6 is 11.3 Å². The second kappa shape index (κ2) is 5.46. The van der Waals surface area contributed by atoms with Gasteiger partial charge in [0.1, 0.15) is 17.6 Å².